The molecule has 7 aromatic rings. The number of ether oxygens (including phenoxy) is 1. The molecule has 3 heterocycles. The van der Waals surface area contributed by atoms with Crippen molar-refractivity contribution in [2.75, 3.05) is 0 Å². The molecular formula is C51H43N3OPt. The van der Waals surface area contributed by atoms with Gasteiger partial charge in [-0.05, 0) is 94.6 Å². The van der Waals surface area contributed by atoms with Gasteiger partial charge in [0.25, 0.3) is 0 Å². The smallest absolute Gasteiger partial charge is 0.503 e. The number of aliphatic imine (C=N–C) groups is 1. The van der Waals surface area contributed by atoms with Gasteiger partial charge in [-0.1, -0.05) is 128 Å². The number of para-hydroxylation sites is 1. The minimum Gasteiger partial charge on any atom is -0.503 e. The topological polar surface area (TPSA) is 39.4 Å². The summed E-state index contributed by atoms with van der Waals surface area (Å²) in [6, 6.07) is 46.5. The molecule has 0 amide bonds. The molecule has 3 aliphatic carbocycles. The van der Waals surface area contributed by atoms with Crippen LogP contribution >= 0.6 is 0 Å². The predicted molar refractivity (Wildman–Crippen MR) is 224 cm³/mol. The fourth-order valence-corrected chi connectivity index (χ4v) is 10.3. The van der Waals surface area contributed by atoms with Crippen LogP contribution in [0.1, 0.15) is 110 Å². The van der Waals surface area contributed by atoms with Crippen LogP contribution in [0.2, 0.25) is 0 Å². The van der Waals surface area contributed by atoms with Crippen LogP contribution < -0.4 is 4.74 Å². The second-order valence-corrected chi connectivity index (χ2v) is 15.9. The van der Waals surface area contributed by atoms with E-state index >= 15 is 0 Å². The largest absolute Gasteiger partial charge is 2.00 e. The van der Waals surface area contributed by atoms with Crippen molar-refractivity contribution in [2.45, 2.75) is 82.0 Å². The van der Waals surface area contributed by atoms with Crippen LogP contribution in [0.15, 0.2) is 127 Å². The van der Waals surface area contributed by atoms with Crippen molar-refractivity contribution in [1.82, 2.24) is 9.55 Å². The Morgan fingerprint density at radius 3 is 2.04 bits per heavy atom. The number of hydrogen-bond acceptors (Lipinski definition) is 3. The first-order valence-corrected chi connectivity index (χ1v) is 20.4. The molecule has 0 radical (unpaired) electrons. The quantitative estimate of drug-likeness (QED) is 0.156. The van der Waals surface area contributed by atoms with Gasteiger partial charge in [0.15, 0.2) is 0 Å². The van der Waals surface area contributed by atoms with Gasteiger partial charge in [-0.25, -0.2) is 4.98 Å². The first-order chi connectivity index (χ1) is 27.3. The number of allylic oxidation sites excluding steroid dienone is 1. The van der Waals surface area contributed by atoms with Crippen molar-refractivity contribution in [2.24, 2.45) is 4.99 Å². The first-order valence-electron chi connectivity index (χ1n) is 20.4. The number of rotatable bonds is 6. The molecule has 1 atom stereocenters. The molecule has 0 bridgehead atoms. The summed E-state index contributed by atoms with van der Waals surface area (Å²) in [6.45, 7) is 0. The second kappa shape index (κ2) is 14.8. The van der Waals surface area contributed by atoms with Gasteiger partial charge in [0.1, 0.15) is 5.82 Å². The van der Waals surface area contributed by atoms with Crippen molar-refractivity contribution >= 4 is 33.1 Å². The Balaban J connectivity index is 0.00000384. The number of nitrogens with zero attached hydrogens (tertiary/aromatic N) is 3. The summed E-state index contributed by atoms with van der Waals surface area (Å²) in [6.07, 6.45) is 17.2. The number of fused-ring (bicyclic) bond motifs is 9. The molecule has 2 aromatic heterocycles. The van der Waals surface area contributed by atoms with Crippen molar-refractivity contribution in [3.05, 3.63) is 162 Å². The molecule has 56 heavy (non-hydrogen) atoms. The molecule has 1 unspecified atom stereocenters. The molecule has 2 saturated carbocycles. The van der Waals surface area contributed by atoms with E-state index in [1.54, 1.807) is 11.1 Å². The van der Waals surface area contributed by atoms with Gasteiger partial charge in [-0.15, -0.1) is 35.2 Å². The molecule has 2 fully saturated rings. The Kier molecular flexibility index (Phi) is 9.34. The predicted octanol–water partition coefficient (Wildman–Crippen LogP) is 13.3. The summed E-state index contributed by atoms with van der Waals surface area (Å²) in [4.78, 5) is 10.0. The maximum absolute atomic E-state index is 6.67. The van der Waals surface area contributed by atoms with E-state index in [0.717, 1.165) is 44.5 Å². The van der Waals surface area contributed by atoms with E-state index in [0.29, 0.717) is 23.3 Å². The fourth-order valence-electron chi connectivity index (χ4n) is 10.3. The standard InChI is InChI=1S/C51H43N3O.Pt/c1-3-14-33(15-4-1)37-21-13-22-38(34-16-5-2-6-17-34)49(37)45-32-53-51-44-30-35(25-27-40(44)39-18-7-8-20-43(39)50(45)51)55-36-26-28-42-41-19-9-10-23-46(41)54(47(42)31-36)48-24-11-12-29-52-48;/h7-13,18-29,32-34,50H,1-6,14-17H2;/q-2;+2. The zero-order valence-corrected chi connectivity index (χ0v) is 33.7. The van der Waals surface area contributed by atoms with Crippen LogP contribution in [-0.4, -0.2) is 15.3 Å². The van der Waals surface area contributed by atoms with Gasteiger partial charge in [0.2, 0.25) is 0 Å². The van der Waals surface area contributed by atoms with E-state index in [4.69, 9.17) is 14.7 Å². The summed E-state index contributed by atoms with van der Waals surface area (Å²) in [5.41, 5.74) is 13.9. The van der Waals surface area contributed by atoms with E-state index in [-0.39, 0.29) is 27.0 Å². The first kappa shape index (κ1) is 35.4. The molecule has 0 N–H and O–H groups in total. The third kappa shape index (κ3) is 5.91. The van der Waals surface area contributed by atoms with Gasteiger partial charge >= 0.3 is 21.1 Å². The summed E-state index contributed by atoms with van der Waals surface area (Å²) < 4.78 is 8.84. The summed E-state index contributed by atoms with van der Waals surface area (Å²) in [5, 5.41) is 2.28. The van der Waals surface area contributed by atoms with E-state index < -0.39 is 0 Å². The van der Waals surface area contributed by atoms with Gasteiger partial charge in [-0.2, -0.15) is 6.07 Å². The summed E-state index contributed by atoms with van der Waals surface area (Å²) in [5.74, 6) is 3.43. The van der Waals surface area contributed by atoms with Gasteiger partial charge in [0.05, 0.1) is 0 Å². The normalized spacial score (nSPS) is 18.1. The Bertz CT molecular complexity index is 2620. The van der Waals surface area contributed by atoms with Crippen LogP contribution in [0, 0.1) is 12.1 Å². The molecule has 5 heteroatoms. The molecule has 11 rings (SSSR count). The SMILES string of the molecule is [Pt+2].[c-]1c(Oc2[c-]c3c(cc2)c2ccccc2n3-c2ccccn2)ccc2c1C1=NC=C(c3c(C4CCCCC4)cccc3C3CCCCC3)C1c1ccccc1-2. The molecular weight excluding hydrogens is 866 g/mol. The van der Waals surface area contributed by atoms with Gasteiger partial charge in [-0.3, -0.25) is 0 Å². The monoisotopic (exact) mass is 908 g/mol. The molecule has 0 spiro atoms. The minimum atomic E-state index is 0. The third-order valence-electron chi connectivity index (χ3n) is 12.8. The Morgan fingerprint density at radius 2 is 1.27 bits per heavy atom. The molecule has 5 aromatic carbocycles. The molecule has 4 aliphatic rings. The van der Waals surface area contributed by atoms with E-state index in [2.05, 4.69) is 102 Å². The van der Waals surface area contributed by atoms with E-state index in [1.807, 2.05) is 36.5 Å². The number of hydrogen-bond donors (Lipinski definition) is 0. The van der Waals surface area contributed by atoms with Crippen LogP contribution in [-0.2, 0) is 21.1 Å². The average molecular weight is 909 g/mol. The zero-order valence-electron chi connectivity index (χ0n) is 31.4. The number of pyridine rings is 1. The molecule has 1 aliphatic heterocycles. The molecule has 4 nitrogen and oxygen atoms in total. The van der Waals surface area contributed by atoms with Crippen LogP contribution in [0.4, 0.5) is 0 Å². The van der Waals surface area contributed by atoms with Crippen LogP contribution in [0.5, 0.6) is 11.5 Å². The minimum absolute atomic E-state index is 0. The van der Waals surface area contributed by atoms with E-state index in [9.17, 15) is 0 Å². The Morgan fingerprint density at radius 1 is 0.589 bits per heavy atom. The van der Waals surface area contributed by atoms with Gasteiger partial charge < -0.3 is 14.3 Å². The van der Waals surface area contributed by atoms with Crippen molar-refractivity contribution in [3.8, 4) is 28.4 Å². The maximum atomic E-state index is 6.67. The average Bonchev–Trinajstić information content (AvgIpc) is 3.84. The maximum Gasteiger partial charge on any atom is 2.00 e. The number of aromatic nitrogens is 2. The van der Waals surface area contributed by atoms with Crippen molar-refractivity contribution < 1.29 is 25.8 Å². The van der Waals surface area contributed by atoms with Gasteiger partial charge in [0, 0.05) is 35.3 Å². The van der Waals surface area contributed by atoms with E-state index in [1.165, 1.54) is 86.5 Å². The van der Waals surface area contributed by atoms with Crippen molar-refractivity contribution in [3.63, 3.8) is 0 Å². The second-order valence-electron chi connectivity index (χ2n) is 15.9. The fraction of sp³-hybridized carbons (Fsp3) is 0.255. The van der Waals surface area contributed by atoms with Crippen molar-refractivity contribution in [1.29, 1.82) is 0 Å². The summed E-state index contributed by atoms with van der Waals surface area (Å²) >= 11 is 0. The Labute approximate surface area is 343 Å². The molecule has 278 valence electrons. The third-order valence-corrected chi connectivity index (χ3v) is 12.8. The zero-order chi connectivity index (χ0) is 36.3. The molecule has 0 saturated heterocycles. The van der Waals surface area contributed by atoms with Crippen LogP contribution in [0.3, 0.4) is 0 Å². The Hall–Kier alpha value is -5.05. The number of benzene rings is 5. The summed E-state index contributed by atoms with van der Waals surface area (Å²) in [7, 11) is 0. The van der Waals surface area contributed by atoms with Crippen LogP contribution in [0.25, 0.3) is 44.3 Å².